The number of anilines is 1. The number of unbranched alkanes of at least 4 members (excludes halogenated alkanes) is 1. The average Bonchev–Trinajstić information content (AvgIpc) is 3.08. The molecule has 152 valence electrons. The van der Waals surface area contributed by atoms with Crippen molar-refractivity contribution >= 4 is 38.7 Å². The summed E-state index contributed by atoms with van der Waals surface area (Å²) in [6, 6.07) is 2.60. The number of nitrogens with two attached hydrogens (primary N) is 1. The van der Waals surface area contributed by atoms with Crippen LogP contribution in [0.1, 0.15) is 19.3 Å². The Morgan fingerprint density at radius 3 is 2.75 bits per heavy atom. The van der Waals surface area contributed by atoms with E-state index in [2.05, 4.69) is 25.3 Å². The zero-order chi connectivity index (χ0) is 20.6. The van der Waals surface area contributed by atoms with Gasteiger partial charge in [0.15, 0.2) is 5.13 Å². The van der Waals surface area contributed by atoms with Crippen molar-refractivity contribution in [3.8, 4) is 11.3 Å². The summed E-state index contributed by atoms with van der Waals surface area (Å²) in [4.78, 5) is 31.7. The third-order valence-electron chi connectivity index (χ3n) is 3.53. The molecule has 28 heavy (non-hydrogen) atoms. The molecule has 0 saturated heterocycles. The molecule has 2 heterocycles. The van der Waals surface area contributed by atoms with Crippen LogP contribution in [0.3, 0.4) is 0 Å². The van der Waals surface area contributed by atoms with Crippen molar-refractivity contribution in [2.24, 2.45) is 5.14 Å². The predicted octanol–water partition coefficient (Wildman–Crippen LogP) is 0.743. The van der Waals surface area contributed by atoms with E-state index in [1.54, 1.807) is 23.8 Å². The van der Waals surface area contributed by atoms with E-state index in [4.69, 9.17) is 10.2 Å². The zero-order valence-electron chi connectivity index (χ0n) is 14.7. The van der Waals surface area contributed by atoms with Crippen molar-refractivity contribution in [3.63, 3.8) is 0 Å². The van der Waals surface area contributed by atoms with Gasteiger partial charge in [-0.25, -0.2) is 19.6 Å². The van der Waals surface area contributed by atoms with Gasteiger partial charge in [0.1, 0.15) is 6.04 Å². The number of hydrogen-bond donors (Lipinski definition) is 5. The number of pyridine rings is 1. The summed E-state index contributed by atoms with van der Waals surface area (Å²) >= 11 is 1.21. The molecular formula is C15H20N6O5S2. The van der Waals surface area contributed by atoms with Crippen LogP contribution in [-0.2, 0) is 15.0 Å². The SMILES string of the molecule is NS(=O)(=O)NCCCCC(NC(=O)O)C(=O)Nc1nc(-c2cccnc2)cs1. The van der Waals surface area contributed by atoms with E-state index < -0.39 is 28.3 Å². The number of carbonyl (C=O) groups is 2. The summed E-state index contributed by atoms with van der Waals surface area (Å²) in [5.74, 6) is -0.547. The highest BCUT2D eigenvalue weighted by molar-refractivity contribution is 7.87. The first kappa shape index (κ1) is 21.7. The molecule has 0 aliphatic heterocycles. The van der Waals surface area contributed by atoms with Gasteiger partial charge in [-0.15, -0.1) is 11.3 Å². The Bertz CT molecular complexity index is 903. The first-order chi connectivity index (χ1) is 13.2. The van der Waals surface area contributed by atoms with Gasteiger partial charge in [0, 0.05) is 29.9 Å². The second kappa shape index (κ2) is 10.1. The third kappa shape index (κ3) is 7.56. The van der Waals surface area contributed by atoms with E-state index in [1.165, 1.54) is 11.3 Å². The van der Waals surface area contributed by atoms with Crippen LogP contribution >= 0.6 is 11.3 Å². The van der Waals surface area contributed by atoms with Gasteiger partial charge >= 0.3 is 6.09 Å². The monoisotopic (exact) mass is 428 g/mol. The van der Waals surface area contributed by atoms with Crippen molar-refractivity contribution < 1.29 is 23.1 Å². The highest BCUT2D eigenvalue weighted by atomic mass is 32.2. The molecule has 2 rings (SSSR count). The van der Waals surface area contributed by atoms with Crippen molar-refractivity contribution in [2.75, 3.05) is 11.9 Å². The van der Waals surface area contributed by atoms with E-state index in [9.17, 15) is 18.0 Å². The van der Waals surface area contributed by atoms with Crippen LogP contribution in [-0.4, -0.2) is 48.1 Å². The molecule has 13 heteroatoms. The van der Waals surface area contributed by atoms with Crippen molar-refractivity contribution in [1.29, 1.82) is 0 Å². The fraction of sp³-hybridized carbons (Fsp3) is 0.333. The topological polar surface area (TPSA) is 176 Å². The molecule has 1 atom stereocenters. The van der Waals surface area contributed by atoms with Crippen molar-refractivity contribution in [1.82, 2.24) is 20.0 Å². The molecule has 2 aromatic heterocycles. The molecule has 0 radical (unpaired) electrons. The summed E-state index contributed by atoms with van der Waals surface area (Å²) in [6.45, 7) is 0.0984. The second-order valence-corrected chi connectivity index (χ2v) is 7.94. The summed E-state index contributed by atoms with van der Waals surface area (Å²) in [5.41, 5.74) is 1.44. The number of thiazole rings is 1. The summed E-state index contributed by atoms with van der Waals surface area (Å²) < 4.78 is 23.7. The van der Waals surface area contributed by atoms with E-state index >= 15 is 0 Å². The average molecular weight is 428 g/mol. The first-order valence-corrected chi connectivity index (χ1v) is 10.6. The van der Waals surface area contributed by atoms with Gasteiger partial charge in [-0.05, 0) is 31.4 Å². The smallest absolute Gasteiger partial charge is 0.405 e. The number of carbonyl (C=O) groups excluding carboxylic acids is 1. The Balaban J connectivity index is 1.91. The Hall–Kier alpha value is -2.61. The maximum atomic E-state index is 12.4. The van der Waals surface area contributed by atoms with Crippen LogP contribution < -0.4 is 20.5 Å². The lowest BCUT2D eigenvalue weighted by atomic mass is 10.1. The number of nitrogens with zero attached hydrogens (tertiary/aromatic N) is 2. The van der Waals surface area contributed by atoms with E-state index in [1.807, 2.05) is 6.07 Å². The van der Waals surface area contributed by atoms with Crippen LogP contribution in [0.5, 0.6) is 0 Å². The second-order valence-electron chi connectivity index (χ2n) is 5.71. The maximum absolute atomic E-state index is 12.4. The Labute approximate surface area is 165 Å². The molecule has 0 aliphatic carbocycles. The molecule has 0 aliphatic rings. The van der Waals surface area contributed by atoms with Gasteiger partial charge in [0.2, 0.25) is 5.91 Å². The first-order valence-electron chi connectivity index (χ1n) is 8.18. The summed E-state index contributed by atoms with van der Waals surface area (Å²) in [5, 5.41) is 20.6. The largest absolute Gasteiger partial charge is 0.465 e. The number of amides is 2. The van der Waals surface area contributed by atoms with Crippen molar-refractivity contribution in [3.05, 3.63) is 29.9 Å². The van der Waals surface area contributed by atoms with Gasteiger partial charge < -0.3 is 15.7 Å². The molecule has 0 bridgehead atoms. The van der Waals surface area contributed by atoms with Gasteiger partial charge in [-0.3, -0.25) is 9.78 Å². The van der Waals surface area contributed by atoms with Crippen LogP contribution in [0.4, 0.5) is 9.93 Å². The zero-order valence-corrected chi connectivity index (χ0v) is 16.3. The standard InChI is InChI=1S/C15H20N6O5S2/c16-28(25,26)18-7-2-1-5-11(20-15(23)24)13(22)21-14-19-12(9-27-14)10-4-3-6-17-8-10/h3-4,6,8-9,11,18,20H,1-2,5,7H2,(H,23,24)(H2,16,25,26)(H,19,21,22). The molecule has 0 fully saturated rings. The minimum Gasteiger partial charge on any atom is -0.465 e. The van der Waals surface area contributed by atoms with E-state index in [0.717, 1.165) is 5.56 Å². The maximum Gasteiger partial charge on any atom is 0.405 e. The normalized spacial score (nSPS) is 12.3. The predicted molar refractivity (Wildman–Crippen MR) is 104 cm³/mol. The Morgan fingerprint density at radius 1 is 1.32 bits per heavy atom. The molecule has 0 aromatic carbocycles. The lowest BCUT2D eigenvalue weighted by Gasteiger charge is -2.15. The molecule has 0 saturated carbocycles. The van der Waals surface area contributed by atoms with Crippen LogP contribution in [0, 0.1) is 0 Å². The summed E-state index contributed by atoms with van der Waals surface area (Å²) in [6.07, 6.45) is 2.93. The third-order valence-corrected chi connectivity index (χ3v) is 4.89. The lowest BCUT2D eigenvalue weighted by molar-refractivity contribution is -0.118. The van der Waals surface area contributed by atoms with Gasteiger partial charge in [-0.2, -0.15) is 8.42 Å². The Kier molecular flexibility index (Phi) is 7.80. The number of hydrogen-bond acceptors (Lipinski definition) is 7. The fourth-order valence-electron chi connectivity index (χ4n) is 2.28. The molecular weight excluding hydrogens is 408 g/mol. The number of rotatable bonds is 10. The minimum atomic E-state index is -3.77. The van der Waals surface area contributed by atoms with Crippen LogP contribution in [0.2, 0.25) is 0 Å². The van der Waals surface area contributed by atoms with Crippen LogP contribution in [0.25, 0.3) is 11.3 Å². The highest BCUT2D eigenvalue weighted by Crippen LogP contribution is 2.24. The van der Waals surface area contributed by atoms with Crippen molar-refractivity contribution in [2.45, 2.75) is 25.3 Å². The minimum absolute atomic E-state index is 0.0984. The number of nitrogens with one attached hydrogen (secondary N) is 3. The quantitative estimate of drug-likeness (QED) is 0.347. The van der Waals surface area contributed by atoms with E-state index in [-0.39, 0.29) is 13.0 Å². The number of carboxylic acid groups (broad SMARTS) is 1. The lowest BCUT2D eigenvalue weighted by Crippen LogP contribution is -2.43. The fourth-order valence-corrected chi connectivity index (χ4v) is 3.43. The van der Waals surface area contributed by atoms with Gasteiger partial charge in [-0.1, -0.05) is 0 Å². The van der Waals surface area contributed by atoms with Gasteiger partial charge in [0.25, 0.3) is 10.2 Å². The molecule has 2 aromatic rings. The molecule has 1 unspecified atom stereocenters. The summed E-state index contributed by atoms with van der Waals surface area (Å²) in [7, 11) is -3.77. The Morgan fingerprint density at radius 2 is 2.11 bits per heavy atom. The molecule has 0 spiro atoms. The molecule has 6 N–H and O–H groups in total. The molecule has 11 nitrogen and oxygen atoms in total. The van der Waals surface area contributed by atoms with E-state index in [0.29, 0.717) is 23.7 Å². The van der Waals surface area contributed by atoms with Crippen LogP contribution in [0.15, 0.2) is 29.9 Å². The number of aromatic nitrogens is 2. The van der Waals surface area contributed by atoms with Gasteiger partial charge in [0.05, 0.1) is 5.69 Å². The molecule has 2 amide bonds. The highest BCUT2D eigenvalue weighted by Gasteiger charge is 2.21.